The molecule has 0 radical (unpaired) electrons. The van der Waals surface area contributed by atoms with Gasteiger partial charge in [-0.3, -0.25) is 0 Å². The van der Waals surface area contributed by atoms with E-state index in [1.54, 1.807) is 11.8 Å². The zero-order chi connectivity index (χ0) is 12.8. The van der Waals surface area contributed by atoms with Crippen LogP contribution in [0.4, 0.5) is 0 Å². The molecule has 0 fully saturated rings. The van der Waals surface area contributed by atoms with Gasteiger partial charge in [-0.1, -0.05) is 48.5 Å². The van der Waals surface area contributed by atoms with Gasteiger partial charge in [0.1, 0.15) is 0 Å². The minimum Gasteiger partial charge on any atom is -0.324 e. The van der Waals surface area contributed by atoms with E-state index in [-0.39, 0.29) is 6.04 Å². The SMILES string of the molecule is CSc1ccccc1C(N)CCc1ccccc1. The maximum Gasteiger partial charge on any atom is 0.0309 e. The zero-order valence-corrected chi connectivity index (χ0v) is 11.5. The van der Waals surface area contributed by atoms with Crippen molar-refractivity contribution in [1.82, 2.24) is 0 Å². The minimum absolute atomic E-state index is 0.119. The lowest BCUT2D eigenvalue weighted by atomic mass is 10.00. The topological polar surface area (TPSA) is 26.0 Å². The molecule has 0 saturated carbocycles. The smallest absolute Gasteiger partial charge is 0.0309 e. The van der Waals surface area contributed by atoms with Crippen molar-refractivity contribution in [3.63, 3.8) is 0 Å². The largest absolute Gasteiger partial charge is 0.324 e. The Morgan fingerprint density at radius 1 is 1.00 bits per heavy atom. The zero-order valence-electron chi connectivity index (χ0n) is 10.7. The average molecular weight is 257 g/mol. The number of nitrogens with two attached hydrogens (primary N) is 1. The number of thioether (sulfide) groups is 1. The predicted molar refractivity (Wildman–Crippen MR) is 79.9 cm³/mol. The highest BCUT2D eigenvalue weighted by molar-refractivity contribution is 7.98. The first-order chi connectivity index (χ1) is 8.81. The van der Waals surface area contributed by atoms with Crippen molar-refractivity contribution in [3.8, 4) is 0 Å². The molecule has 0 aliphatic heterocycles. The summed E-state index contributed by atoms with van der Waals surface area (Å²) in [5.74, 6) is 0. The maximum atomic E-state index is 6.31. The molecule has 1 atom stereocenters. The van der Waals surface area contributed by atoms with Gasteiger partial charge >= 0.3 is 0 Å². The Morgan fingerprint density at radius 3 is 2.39 bits per heavy atom. The van der Waals surface area contributed by atoms with Crippen molar-refractivity contribution < 1.29 is 0 Å². The molecule has 1 unspecified atom stereocenters. The predicted octanol–water partition coefficient (Wildman–Crippen LogP) is 4.04. The highest BCUT2D eigenvalue weighted by Crippen LogP contribution is 2.26. The fourth-order valence-electron chi connectivity index (χ4n) is 2.10. The first-order valence-electron chi connectivity index (χ1n) is 6.23. The standard InChI is InChI=1S/C16H19NS/c1-18-16-10-6-5-9-14(16)15(17)12-11-13-7-3-2-4-8-13/h2-10,15H,11-12,17H2,1H3. The lowest BCUT2D eigenvalue weighted by Gasteiger charge is -2.15. The van der Waals surface area contributed by atoms with E-state index in [2.05, 4.69) is 54.8 Å². The molecule has 2 aromatic carbocycles. The Bertz CT molecular complexity index is 481. The molecule has 0 spiro atoms. The van der Waals surface area contributed by atoms with Gasteiger partial charge in [-0.2, -0.15) is 0 Å². The molecule has 18 heavy (non-hydrogen) atoms. The first kappa shape index (κ1) is 13.2. The third-order valence-electron chi connectivity index (χ3n) is 3.13. The molecule has 1 nitrogen and oxygen atoms in total. The van der Waals surface area contributed by atoms with Gasteiger partial charge in [0.25, 0.3) is 0 Å². The van der Waals surface area contributed by atoms with E-state index in [0.29, 0.717) is 0 Å². The quantitative estimate of drug-likeness (QED) is 0.818. The van der Waals surface area contributed by atoms with E-state index in [0.717, 1.165) is 12.8 Å². The van der Waals surface area contributed by atoms with Crippen LogP contribution in [-0.2, 0) is 6.42 Å². The van der Waals surface area contributed by atoms with Crippen molar-refractivity contribution in [3.05, 3.63) is 65.7 Å². The van der Waals surface area contributed by atoms with Crippen LogP contribution in [0.3, 0.4) is 0 Å². The van der Waals surface area contributed by atoms with Crippen LogP contribution in [0.1, 0.15) is 23.6 Å². The summed E-state index contributed by atoms with van der Waals surface area (Å²) in [6.07, 6.45) is 4.12. The summed E-state index contributed by atoms with van der Waals surface area (Å²) in [6.45, 7) is 0. The van der Waals surface area contributed by atoms with Crippen LogP contribution in [0, 0.1) is 0 Å². The fraction of sp³-hybridized carbons (Fsp3) is 0.250. The minimum atomic E-state index is 0.119. The molecule has 0 heterocycles. The van der Waals surface area contributed by atoms with Crippen molar-refractivity contribution in [2.24, 2.45) is 5.73 Å². The summed E-state index contributed by atoms with van der Waals surface area (Å²) in [6, 6.07) is 19.1. The van der Waals surface area contributed by atoms with Crippen LogP contribution >= 0.6 is 11.8 Å². The Labute approximate surface area is 113 Å². The molecule has 0 bridgehead atoms. The van der Waals surface area contributed by atoms with Gasteiger partial charge in [0.15, 0.2) is 0 Å². The highest BCUT2D eigenvalue weighted by Gasteiger charge is 2.10. The van der Waals surface area contributed by atoms with Gasteiger partial charge in [0.05, 0.1) is 0 Å². The molecule has 2 heteroatoms. The summed E-state index contributed by atoms with van der Waals surface area (Å²) in [4.78, 5) is 1.29. The number of benzene rings is 2. The molecule has 0 amide bonds. The molecule has 2 N–H and O–H groups in total. The maximum absolute atomic E-state index is 6.31. The number of hydrogen-bond donors (Lipinski definition) is 1. The highest BCUT2D eigenvalue weighted by atomic mass is 32.2. The number of aryl methyl sites for hydroxylation is 1. The molecule has 94 valence electrons. The first-order valence-corrected chi connectivity index (χ1v) is 7.46. The van der Waals surface area contributed by atoms with E-state index in [9.17, 15) is 0 Å². The summed E-state index contributed by atoms with van der Waals surface area (Å²) < 4.78 is 0. The Hall–Kier alpha value is -1.25. The monoisotopic (exact) mass is 257 g/mol. The molecule has 0 aliphatic rings. The Morgan fingerprint density at radius 2 is 1.67 bits per heavy atom. The van der Waals surface area contributed by atoms with Crippen LogP contribution in [-0.4, -0.2) is 6.26 Å². The van der Waals surface area contributed by atoms with Gasteiger partial charge < -0.3 is 5.73 Å². The second-order valence-electron chi connectivity index (χ2n) is 4.37. The van der Waals surface area contributed by atoms with Crippen molar-refractivity contribution in [1.29, 1.82) is 0 Å². The summed E-state index contributed by atoms with van der Waals surface area (Å²) in [5, 5.41) is 0. The van der Waals surface area contributed by atoms with Crippen LogP contribution in [0.5, 0.6) is 0 Å². The molecule has 0 saturated heterocycles. The summed E-state index contributed by atoms with van der Waals surface area (Å²) in [5.41, 5.74) is 8.93. The average Bonchev–Trinajstić information content (AvgIpc) is 2.45. The van der Waals surface area contributed by atoms with Gasteiger partial charge in [0.2, 0.25) is 0 Å². The van der Waals surface area contributed by atoms with Crippen LogP contribution in [0.15, 0.2) is 59.5 Å². The van der Waals surface area contributed by atoms with Gasteiger partial charge in [-0.05, 0) is 36.3 Å². The van der Waals surface area contributed by atoms with Gasteiger partial charge in [0, 0.05) is 10.9 Å². The van der Waals surface area contributed by atoms with Gasteiger partial charge in [-0.25, -0.2) is 0 Å². The third-order valence-corrected chi connectivity index (χ3v) is 3.94. The third kappa shape index (κ3) is 3.37. The fourth-order valence-corrected chi connectivity index (χ4v) is 2.76. The van der Waals surface area contributed by atoms with Gasteiger partial charge in [-0.15, -0.1) is 11.8 Å². The molecule has 0 aromatic heterocycles. The van der Waals surface area contributed by atoms with Crippen molar-refractivity contribution in [2.75, 3.05) is 6.26 Å². The number of rotatable bonds is 5. The molecule has 0 aliphatic carbocycles. The summed E-state index contributed by atoms with van der Waals surface area (Å²) >= 11 is 1.77. The van der Waals surface area contributed by atoms with Crippen LogP contribution < -0.4 is 5.73 Å². The second kappa shape index (κ2) is 6.62. The van der Waals surface area contributed by atoms with E-state index in [4.69, 9.17) is 5.73 Å². The van der Waals surface area contributed by atoms with E-state index in [1.165, 1.54) is 16.0 Å². The number of hydrogen-bond acceptors (Lipinski definition) is 2. The summed E-state index contributed by atoms with van der Waals surface area (Å²) in [7, 11) is 0. The van der Waals surface area contributed by atoms with Crippen LogP contribution in [0.25, 0.3) is 0 Å². The molecular formula is C16H19NS. The van der Waals surface area contributed by atoms with E-state index < -0.39 is 0 Å². The van der Waals surface area contributed by atoms with Crippen molar-refractivity contribution >= 4 is 11.8 Å². The normalized spacial score (nSPS) is 12.3. The lowest BCUT2D eigenvalue weighted by Crippen LogP contribution is -2.12. The Kier molecular flexibility index (Phi) is 4.85. The molecular weight excluding hydrogens is 238 g/mol. The van der Waals surface area contributed by atoms with Crippen LogP contribution in [0.2, 0.25) is 0 Å². The second-order valence-corrected chi connectivity index (χ2v) is 5.22. The van der Waals surface area contributed by atoms with E-state index in [1.807, 2.05) is 6.07 Å². The van der Waals surface area contributed by atoms with Crippen molar-refractivity contribution in [2.45, 2.75) is 23.8 Å². The van der Waals surface area contributed by atoms with E-state index >= 15 is 0 Å². The Balaban J connectivity index is 2.01. The molecule has 2 rings (SSSR count). The lowest BCUT2D eigenvalue weighted by molar-refractivity contribution is 0.641. The molecule has 2 aromatic rings.